The van der Waals surface area contributed by atoms with Crippen LogP contribution in [0.25, 0.3) is 0 Å². The second-order valence-electron chi connectivity index (χ2n) is 7.21. The molecule has 2 amide bonds. The minimum absolute atomic E-state index is 0.00723. The lowest BCUT2D eigenvalue weighted by molar-refractivity contribution is -0.113. The number of nitrogens with one attached hydrogen (secondary N) is 1. The molecule has 2 N–H and O–H groups in total. The number of fused-ring (bicyclic) bond motifs is 1. The molecule has 1 aliphatic heterocycles. The van der Waals surface area contributed by atoms with Gasteiger partial charge in [0.2, 0.25) is 0 Å². The van der Waals surface area contributed by atoms with Crippen LogP contribution in [0.1, 0.15) is 51.8 Å². The van der Waals surface area contributed by atoms with Crippen molar-refractivity contribution in [2.75, 3.05) is 18.1 Å². The van der Waals surface area contributed by atoms with E-state index in [1.807, 2.05) is 6.92 Å². The third kappa shape index (κ3) is 4.67. The number of hydrogen-bond donors (Lipinski definition) is 2. The highest BCUT2D eigenvalue weighted by molar-refractivity contribution is 6.34. The van der Waals surface area contributed by atoms with E-state index in [2.05, 4.69) is 0 Å². The summed E-state index contributed by atoms with van der Waals surface area (Å²) in [6, 6.07) is 10.4. The van der Waals surface area contributed by atoms with Gasteiger partial charge < -0.3 is 20.0 Å². The van der Waals surface area contributed by atoms with E-state index in [-0.39, 0.29) is 28.0 Å². The van der Waals surface area contributed by atoms with Crippen molar-refractivity contribution in [1.82, 2.24) is 0 Å². The average Bonchev–Trinajstić information content (AvgIpc) is 3.02. The number of ketones is 1. The zero-order chi connectivity index (χ0) is 24.3. The second-order valence-corrected chi connectivity index (χ2v) is 7.21. The number of nitrogens with zero attached hydrogens (tertiary/aromatic N) is 1. The molecule has 0 saturated carbocycles. The quantitative estimate of drug-likeness (QED) is 0.207. The molecule has 1 heterocycles. The molecule has 0 bridgehead atoms. The van der Waals surface area contributed by atoms with E-state index >= 15 is 0 Å². The smallest absolute Gasteiger partial charge is 0.338 e. The third-order valence-electron chi connectivity index (χ3n) is 4.88. The summed E-state index contributed by atoms with van der Waals surface area (Å²) in [5.41, 5.74) is 0.153. The fraction of sp³-hybridized carbons (Fsp3) is 0.208. The molecule has 2 aromatic carbocycles. The van der Waals surface area contributed by atoms with E-state index in [0.717, 1.165) is 4.90 Å². The van der Waals surface area contributed by atoms with E-state index < -0.39 is 35.9 Å². The lowest BCUT2D eigenvalue weighted by Gasteiger charge is -2.14. The van der Waals surface area contributed by atoms with Gasteiger partial charge in [0, 0.05) is 5.71 Å². The summed E-state index contributed by atoms with van der Waals surface area (Å²) in [5, 5.41) is 17.6. The maximum Gasteiger partial charge on any atom is 0.338 e. The Morgan fingerprint density at radius 2 is 1.64 bits per heavy atom. The number of carbonyl (C=O) groups excluding carboxylic acids is 4. The molecular formula is C24H22N2O7. The first-order chi connectivity index (χ1) is 15.6. The van der Waals surface area contributed by atoms with Crippen LogP contribution >= 0.6 is 0 Å². The van der Waals surface area contributed by atoms with Crippen LogP contribution in [0.4, 0.5) is 5.69 Å². The number of Topliss-reactive ketones (excluding diaryl/α,β-unsaturated/α-hetero) is 1. The summed E-state index contributed by atoms with van der Waals surface area (Å²) >= 11 is 0. The molecule has 0 aliphatic carbocycles. The van der Waals surface area contributed by atoms with Crippen molar-refractivity contribution in [3.05, 3.63) is 70.5 Å². The Hall–Kier alpha value is -4.27. The van der Waals surface area contributed by atoms with Crippen molar-refractivity contribution in [3.8, 4) is 5.75 Å². The molecule has 0 aromatic heterocycles. The van der Waals surface area contributed by atoms with Crippen LogP contribution in [-0.4, -0.2) is 47.6 Å². The summed E-state index contributed by atoms with van der Waals surface area (Å²) in [4.78, 5) is 50.7. The van der Waals surface area contributed by atoms with Gasteiger partial charge in [0.05, 0.1) is 34.6 Å². The Balaban J connectivity index is 1.80. The fourth-order valence-corrected chi connectivity index (χ4v) is 3.43. The molecule has 9 nitrogen and oxygen atoms in total. The molecule has 0 spiro atoms. The molecule has 9 heteroatoms. The predicted octanol–water partition coefficient (Wildman–Crippen LogP) is 3.48. The summed E-state index contributed by atoms with van der Waals surface area (Å²) in [5.74, 6) is -2.45. The molecule has 0 radical (unpaired) electrons. The van der Waals surface area contributed by atoms with Crippen LogP contribution < -0.4 is 9.64 Å². The number of benzene rings is 2. The van der Waals surface area contributed by atoms with Crippen LogP contribution in [-0.2, 0) is 9.53 Å². The third-order valence-corrected chi connectivity index (χ3v) is 4.88. The maximum atomic E-state index is 12.9. The molecule has 0 atom stereocenters. The minimum Gasteiger partial charge on any atom is -0.508 e. The monoisotopic (exact) mass is 450 g/mol. The first-order valence-electron chi connectivity index (χ1n) is 10.1. The van der Waals surface area contributed by atoms with Crippen molar-refractivity contribution in [1.29, 1.82) is 5.41 Å². The summed E-state index contributed by atoms with van der Waals surface area (Å²) in [7, 11) is 0. The average molecular weight is 450 g/mol. The van der Waals surface area contributed by atoms with Crippen LogP contribution in [0, 0.1) is 5.41 Å². The summed E-state index contributed by atoms with van der Waals surface area (Å²) in [6.07, 6.45) is 0. The van der Waals surface area contributed by atoms with Gasteiger partial charge in [-0.05, 0) is 63.2 Å². The van der Waals surface area contributed by atoms with Gasteiger partial charge in [-0.1, -0.05) is 0 Å². The Morgan fingerprint density at radius 1 is 1.00 bits per heavy atom. The second kappa shape index (κ2) is 9.47. The maximum absolute atomic E-state index is 12.9. The summed E-state index contributed by atoms with van der Waals surface area (Å²) in [6.45, 7) is 4.22. The lowest BCUT2D eigenvalue weighted by Crippen LogP contribution is -2.29. The van der Waals surface area contributed by atoms with Gasteiger partial charge in [-0.2, -0.15) is 0 Å². The highest BCUT2D eigenvalue weighted by atomic mass is 16.5. The first-order valence-corrected chi connectivity index (χ1v) is 10.1. The number of rotatable bonds is 8. The highest BCUT2D eigenvalue weighted by Crippen LogP contribution is 2.30. The number of aliphatic hydroxyl groups excluding tert-OH is 1. The van der Waals surface area contributed by atoms with Crippen LogP contribution in [0.15, 0.2) is 53.8 Å². The van der Waals surface area contributed by atoms with Crippen molar-refractivity contribution in [2.45, 2.75) is 20.8 Å². The van der Waals surface area contributed by atoms with Gasteiger partial charge in [0.15, 0.2) is 5.78 Å². The number of amides is 2. The summed E-state index contributed by atoms with van der Waals surface area (Å²) < 4.78 is 10.4. The fourth-order valence-electron chi connectivity index (χ4n) is 3.43. The zero-order valence-electron chi connectivity index (χ0n) is 18.3. The molecule has 0 saturated heterocycles. The van der Waals surface area contributed by atoms with Gasteiger partial charge >= 0.3 is 5.97 Å². The Kier molecular flexibility index (Phi) is 6.72. The standard InChI is InChI=1S/C24H22N2O7/c1-4-32-17-8-6-16(7-9-17)26-22(29)18-10-5-15(11-19(18)23(26)30)24(31)33-12-20(28)21(13(2)25)14(3)27/h5-11,25,28H,4,12H2,1-3H3/b21-20-,25-13?. The number of hydrogen-bond acceptors (Lipinski definition) is 8. The van der Waals surface area contributed by atoms with Gasteiger partial charge in [-0.3, -0.25) is 14.4 Å². The lowest BCUT2D eigenvalue weighted by atomic mass is 10.1. The van der Waals surface area contributed by atoms with Crippen molar-refractivity contribution in [3.63, 3.8) is 0 Å². The van der Waals surface area contributed by atoms with E-state index in [4.69, 9.17) is 14.9 Å². The molecule has 3 rings (SSSR count). The van der Waals surface area contributed by atoms with Gasteiger partial charge in [-0.25, -0.2) is 9.69 Å². The molecule has 0 unspecified atom stereocenters. The van der Waals surface area contributed by atoms with Crippen LogP contribution in [0.5, 0.6) is 5.75 Å². The molecule has 0 fully saturated rings. The number of anilines is 1. The normalized spacial score (nSPS) is 13.4. The predicted molar refractivity (Wildman–Crippen MR) is 119 cm³/mol. The van der Waals surface area contributed by atoms with Gasteiger partial charge in [0.1, 0.15) is 18.1 Å². The largest absolute Gasteiger partial charge is 0.508 e. The number of imide groups is 1. The number of ether oxygens (including phenoxy) is 2. The van der Waals surface area contributed by atoms with E-state index in [1.54, 1.807) is 24.3 Å². The number of esters is 1. The SMILES string of the molecule is CCOc1ccc(N2C(=O)c3ccc(C(=O)OC/C(O)=C(\C(C)=N)C(C)=O)cc3C2=O)cc1. The van der Waals surface area contributed by atoms with Crippen molar-refractivity contribution >= 4 is 35.0 Å². The van der Waals surface area contributed by atoms with E-state index in [0.29, 0.717) is 18.0 Å². The van der Waals surface area contributed by atoms with Crippen molar-refractivity contribution < 1.29 is 33.8 Å². The Labute approximate surface area is 189 Å². The van der Waals surface area contributed by atoms with Crippen LogP contribution in [0.2, 0.25) is 0 Å². The molecule has 33 heavy (non-hydrogen) atoms. The molecular weight excluding hydrogens is 428 g/mol. The minimum atomic E-state index is -0.866. The molecule has 1 aliphatic rings. The number of allylic oxidation sites excluding steroid dienone is 1. The van der Waals surface area contributed by atoms with Gasteiger partial charge in [-0.15, -0.1) is 0 Å². The first kappa shape index (κ1) is 23.4. The molecule has 2 aromatic rings. The highest BCUT2D eigenvalue weighted by Gasteiger charge is 2.37. The molecule has 170 valence electrons. The van der Waals surface area contributed by atoms with Crippen molar-refractivity contribution in [2.24, 2.45) is 0 Å². The number of carbonyl (C=O) groups is 4. The van der Waals surface area contributed by atoms with E-state index in [9.17, 15) is 24.3 Å². The van der Waals surface area contributed by atoms with Gasteiger partial charge in [0.25, 0.3) is 11.8 Å². The Morgan fingerprint density at radius 3 is 2.21 bits per heavy atom. The zero-order valence-corrected chi connectivity index (χ0v) is 18.3. The Bertz CT molecular complexity index is 1180. The number of aliphatic hydroxyl groups is 1. The van der Waals surface area contributed by atoms with Crippen LogP contribution in [0.3, 0.4) is 0 Å². The van der Waals surface area contributed by atoms with E-state index in [1.165, 1.54) is 32.0 Å². The topological polar surface area (TPSA) is 134 Å².